The van der Waals surface area contributed by atoms with Gasteiger partial charge in [0.15, 0.2) is 17.5 Å². The van der Waals surface area contributed by atoms with Crippen LogP contribution in [0.25, 0.3) is 0 Å². The zero-order valence-corrected chi connectivity index (χ0v) is 19.3. The smallest absolute Gasteiger partial charge is 0.193 e. The average molecular weight is 513 g/mol. The van der Waals surface area contributed by atoms with E-state index in [1.165, 1.54) is 18.7 Å². The SMILES string of the molecule is CN=C(NCc1ccc(OC)c(F)c1)N1CCC(COCc2ccccc2)C1.I. The van der Waals surface area contributed by atoms with Crippen molar-refractivity contribution in [3.8, 4) is 5.75 Å². The molecule has 1 fully saturated rings. The van der Waals surface area contributed by atoms with Crippen LogP contribution < -0.4 is 10.1 Å². The molecule has 158 valence electrons. The van der Waals surface area contributed by atoms with Crippen molar-refractivity contribution in [3.63, 3.8) is 0 Å². The third-order valence-corrected chi connectivity index (χ3v) is 4.93. The quantitative estimate of drug-likeness (QED) is 0.345. The number of nitrogens with zero attached hydrogens (tertiary/aromatic N) is 2. The van der Waals surface area contributed by atoms with Crippen molar-refractivity contribution in [2.45, 2.75) is 19.6 Å². The molecule has 0 aliphatic carbocycles. The second kappa shape index (κ2) is 12.0. The molecule has 0 radical (unpaired) electrons. The lowest BCUT2D eigenvalue weighted by atomic mass is 10.1. The van der Waals surface area contributed by atoms with Gasteiger partial charge in [0, 0.05) is 32.6 Å². The summed E-state index contributed by atoms with van der Waals surface area (Å²) in [6, 6.07) is 15.2. The second-order valence-electron chi connectivity index (χ2n) is 6.97. The summed E-state index contributed by atoms with van der Waals surface area (Å²) in [6.07, 6.45) is 1.08. The fraction of sp³-hybridized carbons (Fsp3) is 0.409. The molecule has 1 N–H and O–H groups in total. The van der Waals surface area contributed by atoms with E-state index in [1.807, 2.05) is 24.3 Å². The number of guanidine groups is 1. The Hall–Kier alpha value is -1.87. The minimum absolute atomic E-state index is 0. The van der Waals surface area contributed by atoms with Gasteiger partial charge < -0.3 is 19.7 Å². The molecular formula is C22H29FIN3O2. The van der Waals surface area contributed by atoms with Crippen molar-refractivity contribution < 1.29 is 13.9 Å². The number of likely N-dealkylation sites (tertiary alicyclic amines) is 1. The van der Waals surface area contributed by atoms with Crippen molar-refractivity contribution in [2.75, 3.05) is 33.9 Å². The molecule has 1 aliphatic rings. The predicted molar refractivity (Wildman–Crippen MR) is 124 cm³/mol. The Morgan fingerprint density at radius 3 is 2.69 bits per heavy atom. The number of ether oxygens (including phenoxy) is 2. The van der Waals surface area contributed by atoms with E-state index in [9.17, 15) is 4.39 Å². The number of benzene rings is 2. The Balaban J connectivity index is 0.00000300. The van der Waals surface area contributed by atoms with Gasteiger partial charge in [0.2, 0.25) is 0 Å². The number of hydrogen-bond donors (Lipinski definition) is 1. The van der Waals surface area contributed by atoms with Gasteiger partial charge in [-0.25, -0.2) is 4.39 Å². The monoisotopic (exact) mass is 513 g/mol. The molecule has 7 heteroatoms. The molecule has 0 bridgehead atoms. The maximum atomic E-state index is 13.8. The van der Waals surface area contributed by atoms with E-state index in [1.54, 1.807) is 13.1 Å². The number of aliphatic imine (C=N–C) groups is 1. The molecule has 0 spiro atoms. The second-order valence-corrected chi connectivity index (χ2v) is 6.97. The molecule has 5 nitrogen and oxygen atoms in total. The average Bonchev–Trinajstić information content (AvgIpc) is 3.18. The summed E-state index contributed by atoms with van der Waals surface area (Å²) in [6.45, 7) is 3.75. The van der Waals surface area contributed by atoms with E-state index in [4.69, 9.17) is 9.47 Å². The van der Waals surface area contributed by atoms with Crippen LogP contribution in [-0.2, 0) is 17.9 Å². The summed E-state index contributed by atoms with van der Waals surface area (Å²) in [5, 5.41) is 3.32. The molecule has 1 atom stereocenters. The molecule has 1 saturated heterocycles. The Morgan fingerprint density at radius 2 is 2.00 bits per heavy atom. The van der Waals surface area contributed by atoms with Crippen LogP contribution in [0.1, 0.15) is 17.5 Å². The summed E-state index contributed by atoms with van der Waals surface area (Å²) < 4.78 is 24.7. The summed E-state index contributed by atoms with van der Waals surface area (Å²) in [5.74, 6) is 1.22. The first-order chi connectivity index (χ1) is 13.7. The van der Waals surface area contributed by atoms with Crippen LogP contribution in [0.3, 0.4) is 0 Å². The molecular weight excluding hydrogens is 484 g/mol. The van der Waals surface area contributed by atoms with Crippen LogP contribution >= 0.6 is 24.0 Å². The van der Waals surface area contributed by atoms with Crippen LogP contribution in [0, 0.1) is 11.7 Å². The molecule has 1 aliphatic heterocycles. The lowest BCUT2D eigenvalue weighted by Gasteiger charge is -2.22. The van der Waals surface area contributed by atoms with Crippen LogP contribution in [0.5, 0.6) is 5.75 Å². The van der Waals surface area contributed by atoms with Crippen LogP contribution in [-0.4, -0.2) is 44.7 Å². The lowest BCUT2D eigenvalue weighted by Crippen LogP contribution is -2.39. The highest BCUT2D eigenvalue weighted by atomic mass is 127. The predicted octanol–water partition coefficient (Wildman–Crippen LogP) is 4.07. The normalized spacial score (nSPS) is 16.4. The van der Waals surface area contributed by atoms with Crippen LogP contribution in [0.2, 0.25) is 0 Å². The van der Waals surface area contributed by atoms with Gasteiger partial charge in [-0.2, -0.15) is 0 Å². The summed E-state index contributed by atoms with van der Waals surface area (Å²) in [7, 11) is 3.24. The maximum Gasteiger partial charge on any atom is 0.193 e. The van der Waals surface area contributed by atoms with Gasteiger partial charge in [-0.3, -0.25) is 4.99 Å². The highest BCUT2D eigenvalue weighted by Gasteiger charge is 2.25. The summed E-state index contributed by atoms with van der Waals surface area (Å²) >= 11 is 0. The first kappa shape index (κ1) is 23.4. The third kappa shape index (κ3) is 6.85. The van der Waals surface area contributed by atoms with Crippen LogP contribution in [0.15, 0.2) is 53.5 Å². The van der Waals surface area contributed by atoms with E-state index < -0.39 is 0 Å². The number of methoxy groups -OCH3 is 1. The first-order valence-electron chi connectivity index (χ1n) is 9.59. The third-order valence-electron chi connectivity index (χ3n) is 4.93. The van der Waals surface area contributed by atoms with Gasteiger partial charge in [0.05, 0.1) is 20.3 Å². The molecule has 0 amide bonds. The minimum Gasteiger partial charge on any atom is -0.494 e. The maximum absolute atomic E-state index is 13.8. The number of hydrogen-bond acceptors (Lipinski definition) is 3. The zero-order chi connectivity index (χ0) is 19.8. The number of nitrogens with one attached hydrogen (secondary N) is 1. The Kier molecular flexibility index (Phi) is 9.66. The van der Waals surface area contributed by atoms with Gasteiger partial charge in [-0.05, 0) is 29.7 Å². The van der Waals surface area contributed by atoms with Crippen molar-refractivity contribution in [1.82, 2.24) is 10.2 Å². The zero-order valence-electron chi connectivity index (χ0n) is 16.9. The van der Waals surface area contributed by atoms with Crippen molar-refractivity contribution >= 4 is 29.9 Å². The van der Waals surface area contributed by atoms with E-state index in [0.29, 0.717) is 19.1 Å². The van der Waals surface area contributed by atoms with Crippen molar-refractivity contribution in [3.05, 3.63) is 65.5 Å². The number of rotatable bonds is 7. The van der Waals surface area contributed by atoms with E-state index in [-0.39, 0.29) is 35.5 Å². The highest BCUT2D eigenvalue weighted by molar-refractivity contribution is 14.0. The molecule has 2 aromatic carbocycles. The highest BCUT2D eigenvalue weighted by Crippen LogP contribution is 2.19. The molecule has 0 aromatic heterocycles. The van der Waals surface area contributed by atoms with Crippen LogP contribution in [0.4, 0.5) is 4.39 Å². The number of halogens is 2. The van der Waals surface area contributed by atoms with Gasteiger partial charge in [-0.1, -0.05) is 36.4 Å². The van der Waals surface area contributed by atoms with Gasteiger partial charge >= 0.3 is 0 Å². The lowest BCUT2D eigenvalue weighted by molar-refractivity contribution is 0.0906. The van der Waals surface area contributed by atoms with E-state index in [2.05, 4.69) is 27.3 Å². The van der Waals surface area contributed by atoms with Gasteiger partial charge in [0.1, 0.15) is 0 Å². The van der Waals surface area contributed by atoms with Crippen molar-refractivity contribution in [2.24, 2.45) is 10.9 Å². The molecule has 1 unspecified atom stereocenters. The molecule has 3 rings (SSSR count). The Bertz CT molecular complexity index is 789. The Morgan fingerprint density at radius 1 is 1.21 bits per heavy atom. The fourth-order valence-electron chi connectivity index (χ4n) is 3.41. The first-order valence-corrected chi connectivity index (χ1v) is 9.59. The molecule has 1 heterocycles. The molecule has 2 aromatic rings. The summed E-state index contributed by atoms with van der Waals surface area (Å²) in [4.78, 5) is 6.61. The van der Waals surface area contributed by atoms with Crippen molar-refractivity contribution in [1.29, 1.82) is 0 Å². The Labute approximate surface area is 189 Å². The van der Waals surface area contributed by atoms with Gasteiger partial charge in [-0.15, -0.1) is 24.0 Å². The fourth-order valence-corrected chi connectivity index (χ4v) is 3.41. The summed E-state index contributed by atoms with van der Waals surface area (Å²) in [5.41, 5.74) is 2.04. The molecule has 29 heavy (non-hydrogen) atoms. The molecule has 0 saturated carbocycles. The van der Waals surface area contributed by atoms with E-state index in [0.717, 1.165) is 37.6 Å². The minimum atomic E-state index is -0.353. The van der Waals surface area contributed by atoms with Gasteiger partial charge in [0.25, 0.3) is 0 Å². The largest absolute Gasteiger partial charge is 0.494 e. The standard InChI is InChI=1S/C22H28FN3O2.HI/c1-24-22(25-13-18-8-9-21(27-2)20(23)12-18)26-11-10-19(14-26)16-28-15-17-6-4-3-5-7-17;/h3-9,12,19H,10-11,13-16H2,1-2H3,(H,24,25);1H. The topological polar surface area (TPSA) is 46.1 Å². The van der Waals surface area contributed by atoms with E-state index >= 15 is 0 Å².